The van der Waals surface area contributed by atoms with Crippen LogP contribution in [-0.2, 0) is 0 Å². The summed E-state index contributed by atoms with van der Waals surface area (Å²) in [6, 6.07) is 2.18. The van der Waals surface area contributed by atoms with Crippen molar-refractivity contribution < 1.29 is 0 Å². The summed E-state index contributed by atoms with van der Waals surface area (Å²) in [5, 5.41) is 12.6. The van der Waals surface area contributed by atoms with Gasteiger partial charge in [0.1, 0.15) is 0 Å². The summed E-state index contributed by atoms with van der Waals surface area (Å²) in [6.07, 6.45) is 8.42. The molecule has 116 valence electrons. The molecule has 1 aliphatic carbocycles. The zero-order valence-electron chi connectivity index (χ0n) is 13.8. The number of nitrogens with one attached hydrogen (secondary N) is 1. The number of nitrogens with zero attached hydrogens (tertiary/aromatic N) is 1. The predicted molar refractivity (Wildman–Crippen MR) is 90.6 cm³/mol. The standard InChI is InChI=1S/C19H30N2/c1-14(2)11-12-19(15(3)13-20)21-17(5)16(4)18-9-7-6-8-10-18/h16,18-19,21H,1,3,5-12H2,2,4H3/t16-,19-/m1/s1. The van der Waals surface area contributed by atoms with E-state index in [2.05, 4.69) is 38.0 Å². The normalized spacial score (nSPS) is 18.3. The molecule has 1 N–H and O–H groups in total. The van der Waals surface area contributed by atoms with Gasteiger partial charge in [-0.05, 0) is 44.4 Å². The Morgan fingerprint density at radius 2 is 1.86 bits per heavy atom. The van der Waals surface area contributed by atoms with Crippen molar-refractivity contribution in [2.75, 3.05) is 0 Å². The van der Waals surface area contributed by atoms with Crippen molar-refractivity contribution in [1.29, 1.82) is 5.26 Å². The van der Waals surface area contributed by atoms with E-state index in [4.69, 9.17) is 5.26 Å². The van der Waals surface area contributed by atoms with Gasteiger partial charge in [-0.15, -0.1) is 6.58 Å². The van der Waals surface area contributed by atoms with Gasteiger partial charge in [-0.25, -0.2) is 0 Å². The molecule has 0 aromatic heterocycles. The Balaban J connectivity index is 2.59. The third kappa shape index (κ3) is 5.79. The highest BCUT2D eigenvalue weighted by molar-refractivity contribution is 5.25. The van der Waals surface area contributed by atoms with Crippen LogP contribution in [0.5, 0.6) is 0 Å². The molecule has 21 heavy (non-hydrogen) atoms. The highest BCUT2D eigenvalue weighted by Crippen LogP contribution is 2.32. The fourth-order valence-corrected chi connectivity index (χ4v) is 3.08. The van der Waals surface area contributed by atoms with Crippen molar-refractivity contribution in [3.8, 4) is 6.07 Å². The molecule has 1 fully saturated rings. The van der Waals surface area contributed by atoms with E-state index in [9.17, 15) is 0 Å². The summed E-state index contributed by atoms with van der Waals surface area (Å²) < 4.78 is 0. The Morgan fingerprint density at radius 1 is 1.24 bits per heavy atom. The first-order valence-electron chi connectivity index (χ1n) is 8.14. The quantitative estimate of drug-likeness (QED) is 0.497. The third-order valence-electron chi connectivity index (χ3n) is 4.69. The molecule has 0 bridgehead atoms. The summed E-state index contributed by atoms with van der Waals surface area (Å²) in [5.74, 6) is 1.19. The number of rotatable bonds is 8. The molecule has 0 saturated heterocycles. The maximum atomic E-state index is 9.13. The van der Waals surface area contributed by atoms with E-state index in [1.165, 1.54) is 32.1 Å². The molecule has 2 nitrogen and oxygen atoms in total. The summed E-state index contributed by atoms with van der Waals surface area (Å²) in [5.41, 5.74) is 2.79. The average molecular weight is 286 g/mol. The maximum absolute atomic E-state index is 9.13. The lowest BCUT2D eigenvalue weighted by Crippen LogP contribution is -2.34. The first-order chi connectivity index (χ1) is 9.95. The highest BCUT2D eigenvalue weighted by atomic mass is 14.9. The molecular formula is C19H30N2. The largest absolute Gasteiger partial charge is 0.381 e. The number of hydrogen-bond donors (Lipinski definition) is 1. The second-order valence-electron chi connectivity index (χ2n) is 6.54. The molecule has 1 aliphatic rings. The van der Waals surface area contributed by atoms with E-state index in [1.807, 2.05) is 6.92 Å². The lowest BCUT2D eigenvalue weighted by atomic mass is 9.79. The van der Waals surface area contributed by atoms with Gasteiger partial charge in [0, 0.05) is 11.3 Å². The molecule has 0 amide bonds. The molecule has 0 aromatic carbocycles. The maximum Gasteiger partial charge on any atom is 0.0962 e. The van der Waals surface area contributed by atoms with Crippen molar-refractivity contribution in [1.82, 2.24) is 5.32 Å². The molecule has 0 radical (unpaired) electrons. The zero-order chi connectivity index (χ0) is 15.8. The van der Waals surface area contributed by atoms with Crippen LogP contribution in [0.25, 0.3) is 0 Å². The van der Waals surface area contributed by atoms with Crippen LogP contribution >= 0.6 is 0 Å². The minimum atomic E-state index is -0.00904. The lowest BCUT2D eigenvalue weighted by molar-refractivity contribution is 0.280. The van der Waals surface area contributed by atoms with Crippen LogP contribution in [-0.4, -0.2) is 6.04 Å². The van der Waals surface area contributed by atoms with Crippen molar-refractivity contribution >= 4 is 0 Å². The summed E-state index contributed by atoms with van der Waals surface area (Å²) in [6.45, 7) is 16.3. The van der Waals surface area contributed by atoms with Gasteiger partial charge >= 0.3 is 0 Å². The van der Waals surface area contributed by atoms with Gasteiger partial charge in [-0.1, -0.05) is 44.9 Å². The van der Waals surface area contributed by atoms with E-state index < -0.39 is 0 Å². The summed E-state index contributed by atoms with van der Waals surface area (Å²) in [7, 11) is 0. The van der Waals surface area contributed by atoms with Gasteiger partial charge in [0.15, 0.2) is 0 Å². The van der Waals surface area contributed by atoms with Crippen LogP contribution in [0, 0.1) is 23.2 Å². The van der Waals surface area contributed by atoms with Crippen LogP contribution in [0.15, 0.2) is 36.6 Å². The van der Waals surface area contributed by atoms with Crippen LogP contribution in [0.3, 0.4) is 0 Å². The highest BCUT2D eigenvalue weighted by Gasteiger charge is 2.24. The van der Waals surface area contributed by atoms with E-state index in [1.54, 1.807) is 0 Å². The molecule has 2 heteroatoms. The van der Waals surface area contributed by atoms with E-state index >= 15 is 0 Å². The molecule has 0 heterocycles. The SMILES string of the molecule is C=C(C)CC[C@@H](NC(=C)[C@@H](C)C1CCCCC1)C(=C)C#N. The monoisotopic (exact) mass is 286 g/mol. The molecular weight excluding hydrogens is 256 g/mol. The van der Waals surface area contributed by atoms with Gasteiger partial charge in [0.2, 0.25) is 0 Å². The lowest BCUT2D eigenvalue weighted by Gasteiger charge is -2.31. The van der Waals surface area contributed by atoms with Crippen molar-refractivity contribution in [2.24, 2.45) is 11.8 Å². The van der Waals surface area contributed by atoms with Gasteiger partial charge in [0.05, 0.1) is 12.1 Å². The van der Waals surface area contributed by atoms with E-state index in [0.29, 0.717) is 11.5 Å². The summed E-state index contributed by atoms with van der Waals surface area (Å²) >= 11 is 0. The van der Waals surface area contributed by atoms with Gasteiger partial charge < -0.3 is 5.32 Å². The van der Waals surface area contributed by atoms with Crippen molar-refractivity contribution in [3.63, 3.8) is 0 Å². The number of hydrogen-bond acceptors (Lipinski definition) is 2. The van der Waals surface area contributed by atoms with E-state index in [-0.39, 0.29) is 6.04 Å². The number of allylic oxidation sites excluding steroid dienone is 2. The predicted octanol–water partition coefficient (Wildman–Crippen LogP) is 5.11. The Labute approximate surface area is 130 Å². The fourth-order valence-electron chi connectivity index (χ4n) is 3.08. The zero-order valence-corrected chi connectivity index (χ0v) is 13.8. The van der Waals surface area contributed by atoms with Crippen LogP contribution in [0.2, 0.25) is 0 Å². The smallest absolute Gasteiger partial charge is 0.0962 e. The Kier molecular flexibility index (Phi) is 7.29. The number of nitriles is 1. The molecule has 0 unspecified atom stereocenters. The van der Waals surface area contributed by atoms with Crippen molar-refractivity contribution in [3.05, 3.63) is 36.6 Å². The average Bonchev–Trinajstić information content (AvgIpc) is 2.50. The second-order valence-corrected chi connectivity index (χ2v) is 6.54. The summed E-state index contributed by atoms with van der Waals surface area (Å²) in [4.78, 5) is 0. The van der Waals surface area contributed by atoms with Gasteiger partial charge in [-0.2, -0.15) is 5.26 Å². The fraction of sp³-hybridized carbons (Fsp3) is 0.632. The molecule has 0 aliphatic heterocycles. The van der Waals surface area contributed by atoms with Crippen LogP contribution in [0.4, 0.5) is 0 Å². The Hall–Kier alpha value is -1.49. The molecule has 1 saturated carbocycles. The second kappa shape index (κ2) is 8.72. The Morgan fingerprint density at radius 3 is 2.38 bits per heavy atom. The van der Waals surface area contributed by atoms with Crippen molar-refractivity contribution in [2.45, 2.75) is 64.8 Å². The Bertz CT molecular complexity index is 421. The molecule has 0 spiro atoms. The minimum absolute atomic E-state index is 0.00904. The van der Waals surface area contributed by atoms with Crippen LogP contribution < -0.4 is 5.32 Å². The minimum Gasteiger partial charge on any atom is -0.381 e. The molecule has 1 rings (SSSR count). The van der Waals surface area contributed by atoms with Gasteiger partial charge in [-0.3, -0.25) is 0 Å². The van der Waals surface area contributed by atoms with Gasteiger partial charge in [0.25, 0.3) is 0 Å². The van der Waals surface area contributed by atoms with Crippen LogP contribution in [0.1, 0.15) is 58.8 Å². The molecule has 2 atom stereocenters. The first kappa shape index (κ1) is 17.6. The molecule has 0 aromatic rings. The first-order valence-corrected chi connectivity index (χ1v) is 8.14. The topological polar surface area (TPSA) is 35.8 Å². The third-order valence-corrected chi connectivity index (χ3v) is 4.69. The van der Waals surface area contributed by atoms with E-state index in [0.717, 1.165) is 30.0 Å².